The highest BCUT2D eigenvalue weighted by atomic mass is 35.5. The molecule has 0 aliphatic carbocycles. The zero-order chi connectivity index (χ0) is 13.7. The smallest absolute Gasteiger partial charge is 0.154 e. The standard InChI is InChI=1S/C12H16ClN5/c1-16-10(11(14)17-2)12(15)18(3)9-6-4-5-8(13)7-9/h4-7,15H,1-3H3,(H2,14,17). The normalized spacial score (nSPS) is 12.4. The molecule has 0 bridgehead atoms. The van der Waals surface area contributed by atoms with Crippen molar-refractivity contribution < 1.29 is 0 Å². The number of hydrogen-bond donors (Lipinski definition) is 2. The molecule has 0 aliphatic heterocycles. The Balaban J connectivity index is 3.04. The summed E-state index contributed by atoms with van der Waals surface area (Å²) in [4.78, 5) is 9.48. The molecule has 18 heavy (non-hydrogen) atoms. The minimum atomic E-state index is 0.169. The Hall–Kier alpha value is -1.88. The topological polar surface area (TPSA) is 77.8 Å². The molecule has 0 radical (unpaired) electrons. The van der Waals surface area contributed by atoms with Crippen LogP contribution in [0.25, 0.3) is 0 Å². The number of amidine groups is 2. The molecule has 0 fully saturated rings. The fourth-order valence-corrected chi connectivity index (χ4v) is 1.60. The third-order valence-corrected chi connectivity index (χ3v) is 2.70. The second-order valence-corrected chi connectivity index (χ2v) is 4.00. The van der Waals surface area contributed by atoms with Gasteiger partial charge in [-0.2, -0.15) is 0 Å². The first kappa shape index (κ1) is 14.2. The Kier molecular flexibility index (Phi) is 4.85. The van der Waals surface area contributed by atoms with E-state index < -0.39 is 0 Å². The van der Waals surface area contributed by atoms with E-state index in [1.54, 1.807) is 38.2 Å². The first-order valence-electron chi connectivity index (χ1n) is 5.29. The largest absolute Gasteiger partial charge is 0.382 e. The van der Waals surface area contributed by atoms with Crippen LogP contribution in [0, 0.1) is 5.41 Å². The SMILES string of the molecule is CN=C(N)C(=NC)C(=N)N(C)c1cccc(Cl)c1. The predicted octanol–water partition coefficient (Wildman–Crippen LogP) is 1.81. The van der Waals surface area contributed by atoms with Crippen molar-refractivity contribution in [3.63, 3.8) is 0 Å². The van der Waals surface area contributed by atoms with E-state index >= 15 is 0 Å². The Labute approximate surface area is 112 Å². The molecule has 6 heteroatoms. The lowest BCUT2D eigenvalue weighted by atomic mass is 10.2. The van der Waals surface area contributed by atoms with Gasteiger partial charge in [-0.25, -0.2) is 0 Å². The summed E-state index contributed by atoms with van der Waals surface area (Å²) in [5.74, 6) is 0.402. The second kappa shape index (κ2) is 6.16. The van der Waals surface area contributed by atoms with Crippen molar-refractivity contribution in [3.05, 3.63) is 29.3 Å². The van der Waals surface area contributed by atoms with Crippen LogP contribution in [-0.2, 0) is 0 Å². The second-order valence-electron chi connectivity index (χ2n) is 3.57. The molecule has 0 heterocycles. The average molecular weight is 266 g/mol. The molecule has 0 atom stereocenters. The maximum atomic E-state index is 8.08. The minimum absolute atomic E-state index is 0.169. The lowest BCUT2D eigenvalue weighted by molar-refractivity contribution is 1.24. The molecular formula is C12H16ClN5. The van der Waals surface area contributed by atoms with Crippen molar-refractivity contribution in [2.24, 2.45) is 15.7 Å². The van der Waals surface area contributed by atoms with E-state index in [-0.39, 0.29) is 11.7 Å². The minimum Gasteiger partial charge on any atom is -0.382 e. The number of nitrogens with two attached hydrogens (primary N) is 1. The fraction of sp³-hybridized carbons (Fsp3) is 0.250. The average Bonchev–Trinajstić information content (AvgIpc) is 2.38. The Morgan fingerprint density at radius 1 is 1.33 bits per heavy atom. The molecule has 0 saturated carbocycles. The van der Waals surface area contributed by atoms with E-state index in [0.717, 1.165) is 5.69 Å². The molecule has 0 amide bonds. The summed E-state index contributed by atoms with van der Waals surface area (Å²) in [6.07, 6.45) is 0. The zero-order valence-corrected chi connectivity index (χ0v) is 11.4. The zero-order valence-electron chi connectivity index (χ0n) is 10.6. The van der Waals surface area contributed by atoms with Crippen molar-refractivity contribution in [1.29, 1.82) is 5.41 Å². The summed E-state index contributed by atoms with van der Waals surface area (Å²) in [6, 6.07) is 7.22. The summed E-state index contributed by atoms with van der Waals surface area (Å²) in [6.45, 7) is 0. The van der Waals surface area contributed by atoms with Crippen LogP contribution in [0.1, 0.15) is 0 Å². The Morgan fingerprint density at radius 2 is 2.00 bits per heavy atom. The number of anilines is 1. The van der Waals surface area contributed by atoms with Gasteiger partial charge in [0, 0.05) is 31.9 Å². The van der Waals surface area contributed by atoms with Gasteiger partial charge in [-0.05, 0) is 18.2 Å². The lowest BCUT2D eigenvalue weighted by Crippen LogP contribution is -2.40. The highest BCUT2D eigenvalue weighted by Gasteiger charge is 2.16. The lowest BCUT2D eigenvalue weighted by Gasteiger charge is -2.21. The number of nitrogens with one attached hydrogen (secondary N) is 1. The van der Waals surface area contributed by atoms with Crippen LogP contribution in [-0.4, -0.2) is 38.5 Å². The fourth-order valence-electron chi connectivity index (χ4n) is 1.42. The molecule has 0 unspecified atom stereocenters. The van der Waals surface area contributed by atoms with Crippen molar-refractivity contribution in [2.45, 2.75) is 0 Å². The maximum Gasteiger partial charge on any atom is 0.154 e. The van der Waals surface area contributed by atoms with Crippen molar-refractivity contribution >= 4 is 34.7 Å². The molecule has 0 aromatic heterocycles. The Morgan fingerprint density at radius 3 is 2.50 bits per heavy atom. The molecule has 1 rings (SSSR count). The molecule has 1 aromatic rings. The Bertz CT molecular complexity index is 507. The van der Waals surface area contributed by atoms with E-state index in [2.05, 4.69) is 9.98 Å². The molecule has 3 N–H and O–H groups in total. The van der Waals surface area contributed by atoms with Crippen LogP contribution < -0.4 is 10.6 Å². The van der Waals surface area contributed by atoms with Crippen LogP contribution in [0.15, 0.2) is 34.3 Å². The van der Waals surface area contributed by atoms with Gasteiger partial charge < -0.3 is 10.6 Å². The monoisotopic (exact) mass is 265 g/mol. The van der Waals surface area contributed by atoms with E-state index in [1.165, 1.54) is 0 Å². The van der Waals surface area contributed by atoms with Gasteiger partial charge >= 0.3 is 0 Å². The first-order valence-corrected chi connectivity index (χ1v) is 5.66. The number of halogens is 1. The first-order chi connectivity index (χ1) is 8.51. The van der Waals surface area contributed by atoms with Crippen molar-refractivity contribution in [2.75, 3.05) is 26.0 Å². The molecule has 96 valence electrons. The number of nitrogens with zero attached hydrogens (tertiary/aromatic N) is 3. The van der Waals surface area contributed by atoms with Crippen molar-refractivity contribution in [1.82, 2.24) is 0 Å². The number of benzene rings is 1. The van der Waals surface area contributed by atoms with Crippen LogP contribution in [0.2, 0.25) is 5.02 Å². The van der Waals surface area contributed by atoms with Crippen LogP contribution in [0.5, 0.6) is 0 Å². The van der Waals surface area contributed by atoms with E-state index in [4.69, 9.17) is 22.7 Å². The van der Waals surface area contributed by atoms with E-state index in [1.807, 2.05) is 12.1 Å². The molecule has 5 nitrogen and oxygen atoms in total. The van der Waals surface area contributed by atoms with Gasteiger partial charge in [0.15, 0.2) is 5.84 Å². The van der Waals surface area contributed by atoms with Crippen LogP contribution in [0.4, 0.5) is 5.69 Å². The molecule has 0 saturated heterocycles. The predicted molar refractivity (Wildman–Crippen MR) is 78.5 cm³/mol. The highest BCUT2D eigenvalue weighted by molar-refractivity contribution is 6.69. The third-order valence-electron chi connectivity index (χ3n) is 2.46. The highest BCUT2D eigenvalue weighted by Crippen LogP contribution is 2.18. The summed E-state index contributed by atoms with van der Waals surface area (Å²) >= 11 is 5.92. The van der Waals surface area contributed by atoms with Gasteiger partial charge in [0.1, 0.15) is 11.5 Å². The molecular weight excluding hydrogens is 250 g/mol. The summed E-state index contributed by atoms with van der Waals surface area (Å²) in [5, 5.41) is 8.70. The molecule has 0 aliphatic rings. The van der Waals surface area contributed by atoms with Gasteiger partial charge in [-0.3, -0.25) is 15.4 Å². The van der Waals surface area contributed by atoms with Gasteiger partial charge in [-0.15, -0.1) is 0 Å². The number of aliphatic imine (C=N–C) groups is 2. The van der Waals surface area contributed by atoms with E-state index in [9.17, 15) is 0 Å². The number of rotatable bonds is 3. The van der Waals surface area contributed by atoms with Gasteiger partial charge in [0.05, 0.1) is 0 Å². The number of hydrogen-bond acceptors (Lipinski definition) is 3. The van der Waals surface area contributed by atoms with Crippen molar-refractivity contribution in [3.8, 4) is 0 Å². The quantitative estimate of drug-likeness (QED) is 0.646. The summed E-state index contributed by atoms with van der Waals surface area (Å²) in [7, 11) is 4.89. The van der Waals surface area contributed by atoms with Crippen LogP contribution in [0.3, 0.4) is 0 Å². The van der Waals surface area contributed by atoms with Crippen LogP contribution >= 0.6 is 11.6 Å². The van der Waals surface area contributed by atoms with E-state index in [0.29, 0.717) is 10.7 Å². The summed E-state index contributed by atoms with van der Waals surface area (Å²) < 4.78 is 0. The molecule has 1 aromatic carbocycles. The van der Waals surface area contributed by atoms with Gasteiger partial charge in [-0.1, -0.05) is 17.7 Å². The maximum absolute atomic E-state index is 8.08. The third kappa shape index (κ3) is 3.07. The summed E-state index contributed by atoms with van der Waals surface area (Å²) in [5.41, 5.74) is 6.84. The molecule has 0 spiro atoms. The van der Waals surface area contributed by atoms with Gasteiger partial charge in [0.25, 0.3) is 0 Å². The van der Waals surface area contributed by atoms with Gasteiger partial charge in [0.2, 0.25) is 0 Å².